The molecule has 1 saturated heterocycles. The van der Waals surface area contributed by atoms with Gasteiger partial charge in [0, 0.05) is 31.7 Å². The van der Waals surface area contributed by atoms with Crippen molar-refractivity contribution in [1.82, 2.24) is 24.8 Å². The Morgan fingerprint density at radius 3 is 2.52 bits per heavy atom. The summed E-state index contributed by atoms with van der Waals surface area (Å²) in [6.45, 7) is 3.52. The van der Waals surface area contributed by atoms with Crippen molar-refractivity contribution in [2.45, 2.75) is 6.54 Å². The molecule has 0 saturated carbocycles. The van der Waals surface area contributed by atoms with E-state index >= 15 is 0 Å². The molecule has 0 aliphatic carbocycles. The second-order valence-corrected chi connectivity index (χ2v) is 6.06. The minimum Gasteiger partial charge on any atom is -0.493 e. The highest BCUT2D eigenvalue weighted by Crippen LogP contribution is 2.31. The first-order valence-electron chi connectivity index (χ1n) is 8.19. The van der Waals surface area contributed by atoms with E-state index in [1.54, 1.807) is 25.1 Å². The molecule has 1 aliphatic heterocycles. The van der Waals surface area contributed by atoms with Crippen LogP contribution in [0.5, 0.6) is 11.5 Å². The van der Waals surface area contributed by atoms with Crippen LogP contribution in [-0.4, -0.2) is 78.1 Å². The molecule has 2 heterocycles. The maximum Gasteiger partial charge on any atom is 0.244 e. The molecule has 0 N–H and O–H groups in total. The maximum atomic E-state index is 12.4. The third-order valence-electron chi connectivity index (χ3n) is 4.37. The summed E-state index contributed by atoms with van der Waals surface area (Å²) < 4.78 is 12.1. The first-order valence-corrected chi connectivity index (χ1v) is 8.19. The molecule has 25 heavy (non-hydrogen) atoms. The van der Waals surface area contributed by atoms with E-state index in [4.69, 9.17) is 9.47 Å². The lowest BCUT2D eigenvalue weighted by Gasteiger charge is -2.32. The molecule has 134 valence electrons. The third-order valence-corrected chi connectivity index (χ3v) is 4.37. The molecule has 1 aliphatic rings. The van der Waals surface area contributed by atoms with Crippen LogP contribution >= 0.6 is 0 Å². The summed E-state index contributed by atoms with van der Waals surface area (Å²) in [5.41, 5.74) is 1.54. The van der Waals surface area contributed by atoms with Crippen molar-refractivity contribution < 1.29 is 14.3 Å². The Hall–Kier alpha value is -2.61. The van der Waals surface area contributed by atoms with E-state index in [1.165, 1.54) is 0 Å². The number of rotatable bonds is 5. The predicted molar refractivity (Wildman–Crippen MR) is 92.6 cm³/mol. The number of benzene rings is 1. The topological polar surface area (TPSA) is 72.7 Å². The Morgan fingerprint density at radius 2 is 1.84 bits per heavy atom. The van der Waals surface area contributed by atoms with Gasteiger partial charge in [0.25, 0.3) is 0 Å². The number of nitrogens with zero attached hydrogens (tertiary/aromatic N) is 5. The van der Waals surface area contributed by atoms with Crippen molar-refractivity contribution >= 4 is 5.91 Å². The van der Waals surface area contributed by atoms with Gasteiger partial charge in [0.2, 0.25) is 5.91 Å². The Morgan fingerprint density at radius 1 is 1.12 bits per heavy atom. The van der Waals surface area contributed by atoms with Gasteiger partial charge in [-0.1, -0.05) is 5.21 Å². The summed E-state index contributed by atoms with van der Waals surface area (Å²) in [5.74, 6) is 1.35. The van der Waals surface area contributed by atoms with Crippen LogP contribution in [0.15, 0.2) is 24.4 Å². The molecule has 0 spiro atoms. The second-order valence-electron chi connectivity index (χ2n) is 6.06. The number of amides is 1. The normalized spacial score (nSPS) is 15.2. The minimum atomic E-state index is 0.0665. The highest BCUT2D eigenvalue weighted by Gasteiger charge is 2.20. The average Bonchev–Trinajstić information content (AvgIpc) is 3.10. The highest BCUT2D eigenvalue weighted by molar-refractivity contribution is 5.76. The Kier molecular flexibility index (Phi) is 5.18. The summed E-state index contributed by atoms with van der Waals surface area (Å²) in [5, 5.41) is 8.24. The molecule has 1 aromatic heterocycles. The molecule has 0 unspecified atom stereocenters. The lowest BCUT2D eigenvalue weighted by atomic mass is 10.1. The number of carbonyl (C=O) groups is 1. The van der Waals surface area contributed by atoms with Gasteiger partial charge in [0.05, 0.1) is 20.4 Å². The van der Waals surface area contributed by atoms with E-state index < -0.39 is 0 Å². The predicted octanol–water partition coefficient (Wildman–Crippen LogP) is 0.736. The fourth-order valence-electron chi connectivity index (χ4n) is 2.80. The fraction of sp³-hybridized carbons (Fsp3) is 0.471. The van der Waals surface area contributed by atoms with Crippen LogP contribution < -0.4 is 9.47 Å². The van der Waals surface area contributed by atoms with Crippen molar-refractivity contribution in [3.63, 3.8) is 0 Å². The van der Waals surface area contributed by atoms with Crippen molar-refractivity contribution in [2.75, 3.05) is 47.4 Å². The van der Waals surface area contributed by atoms with Gasteiger partial charge in [-0.15, -0.1) is 5.10 Å². The summed E-state index contributed by atoms with van der Waals surface area (Å²) in [6.07, 6.45) is 1.77. The fourth-order valence-corrected chi connectivity index (χ4v) is 2.80. The van der Waals surface area contributed by atoms with E-state index in [1.807, 2.05) is 23.1 Å². The van der Waals surface area contributed by atoms with Crippen LogP contribution in [0, 0.1) is 0 Å². The summed E-state index contributed by atoms with van der Waals surface area (Å²) in [6, 6.07) is 5.55. The SMILES string of the molecule is COc1ccc(-c2cn(CC(=O)N3CCN(C)CC3)nn2)cc1OC. The van der Waals surface area contributed by atoms with Crippen LogP contribution in [0.25, 0.3) is 11.3 Å². The van der Waals surface area contributed by atoms with Gasteiger partial charge in [-0.25, -0.2) is 4.68 Å². The first kappa shape index (κ1) is 17.2. The number of ether oxygens (including phenoxy) is 2. The number of aromatic nitrogens is 3. The van der Waals surface area contributed by atoms with Gasteiger partial charge >= 0.3 is 0 Å². The molecule has 1 amide bonds. The quantitative estimate of drug-likeness (QED) is 0.796. The first-order chi connectivity index (χ1) is 12.1. The zero-order valence-electron chi connectivity index (χ0n) is 14.8. The summed E-state index contributed by atoms with van der Waals surface area (Å²) in [4.78, 5) is 16.5. The van der Waals surface area contributed by atoms with E-state index in [9.17, 15) is 4.79 Å². The van der Waals surface area contributed by atoms with Crippen molar-refractivity contribution in [3.8, 4) is 22.8 Å². The molecule has 2 aromatic rings. The van der Waals surface area contributed by atoms with Crippen LogP contribution in [-0.2, 0) is 11.3 Å². The van der Waals surface area contributed by atoms with Crippen LogP contribution in [0.4, 0.5) is 0 Å². The molecule has 3 rings (SSSR count). The summed E-state index contributed by atoms with van der Waals surface area (Å²) >= 11 is 0. The third kappa shape index (κ3) is 3.90. The van der Waals surface area contributed by atoms with Gasteiger partial charge in [-0.2, -0.15) is 0 Å². The average molecular weight is 345 g/mol. The lowest BCUT2D eigenvalue weighted by Crippen LogP contribution is -2.48. The zero-order chi connectivity index (χ0) is 17.8. The lowest BCUT2D eigenvalue weighted by molar-refractivity contribution is -0.133. The molecule has 1 fully saturated rings. The molecule has 0 bridgehead atoms. The molecular weight excluding hydrogens is 322 g/mol. The Labute approximate surface area is 146 Å². The van der Waals surface area contributed by atoms with Gasteiger partial charge in [-0.05, 0) is 25.2 Å². The van der Waals surface area contributed by atoms with Crippen LogP contribution in [0.2, 0.25) is 0 Å². The van der Waals surface area contributed by atoms with E-state index in [-0.39, 0.29) is 12.5 Å². The number of piperazine rings is 1. The molecule has 1 aromatic carbocycles. The zero-order valence-corrected chi connectivity index (χ0v) is 14.8. The Balaban J connectivity index is 1.69. The molecule has 0 atom stereocenters. The molecule has 0 radical (unpaired) electrons. The molecule has 8 nitrogen and oxygen atoms in total. The van der Waals surface area contributed by atoms with Gasteiger partial charge in [-0.3, -0.25) is 4.79 Å². The number of carbonyl (C=O) groups excluding carboxylic acids is 1. The second kappa shape index (κ2) is 7.52. The van der Waals surface area contributed by atoms with E-state index in [0.717, 1.165) is 31.7 Å². The highest BCUT2D eigenvalue weighted by atomic mass is 16.5. The maximum absolute atomic E-state index is 12.4. The van der Waals surface area contributed by atoms with Crippen molar-refractivity contribution in [1.29, 1.82) is 0 Å². The molecular formula is C17H23N5O3. The largest absolute Gasteiger partial charge is 0.493 e. The monoisotopic (exact) mass is 345 g/mol. The molecule has 8 heteroatoms. The number of hydrogen-bond acceptors (Lipinski definition) is 6. The van der Waals surface area contributed by atoms with Crippen molar-refractivity contribution in [2.24, 2.45) is 0 Å². The summed E-state index contributed by atoms with van der Waals surface area (Å²) in [7, 11) is 5.25. The minimum absolute atomic E-state index is 0.0665. The number of methoxy groups -OCH3 is 2. The standard InChI is InChI=1S/C17H23N5O3/c1-20-6-8-21(9-7-20)17(23)12-22-11-14(18-19-22)13-4-5-15(24-2)16(10-13)25-3/h4-5,10-11H,6-9,12H2,1-3H3. The Bertz CT molecular complexity index is 738. The van der Waals surface area contributed by atoms with Crippen molar-refractivity contribution in [3.05, 3.63) is 24.4 Å². The van der Waals surface area contributed by atoms with E-state index in [2.05, 4.69) is 22.3 Å². The smallest absolute Gasteiger partial charge is 0.244 e. The van der Waals surface area contributed by atoms with Crippen LogP contribution in [0.3, 0.4) is 0 Å². The number of hydrogen-bond donors (Lipinski definition) is 0. The van der Waals surface area contributed by atoms with Gasteiger partial charge in [0.1, 0.15) is 12.2 Å². The number of likely N-dealkylation sites (N-methyl/N-ethyl adjacent to an activating group) is 1. The van der Waals surface area contributed by atoms with Gasteiger partial charge < -0.3 is 19.3 Å². The van der Waals surface area contributed by atoms with Crippen LogP contribution in [0.1, 0.15) is 0 Å². The van der Waals surface area contributed by atoms with Gasteiger partial charge in [0.15, 0.2) is 11.5 Å². The van der Waals surface area contributed by atoms with E-state index in [0.29, 0.717) is 17.2 Å².